The van der Waals surface area contributed by atoms with Crippen LogP contribution in [0.25, 0.3) is 5.76 Å². The van der Waals surface area contributed by atoms with Gasteiger partial charge in [-0.2, -0.15) is 0 Å². The number of aryl methyl sites for hydroxylation is 1. The van der Waals surface area contributed by atoms with Gasteiger partial charge in [0.15, 0.2) is 0 Å². The van der Waals surface area contributed by atoms with Crippen LogP contribution in [0.2, 0.25) is 10.0 Å². The van der Waals surface area contributed by atoms with E-state index in [4.69, 9.17) is 27.9 Å². The van der Waals surface area contributed by atoms with E-state index in [1.807, 2.05) is 56.3 Å². The lowest BCUT2D eigenvalue weighted by atomic mass is 9.93. The molecule has 3 aromatic rings. The Bertz CT molecular complexity index is 1370. The predicted octanol–water partition coefficient (Wildman–Crippen LogP) is 6.25. The molecule has 8 heteroatoms. The average Bonchev–Trinajstić information content (AvgIpc) is 3.12. The minimum Gasteiger partial charge on any atom is -0.507 e. The molecule has 1 fully saturated rings. The Labute approximate surface area is 233 Å². The van der Waals surface area contributed by atoms with Crippen molar-refractivity contribution in [1.82, 2.24) is 9.80 Å². The lowest BCUT2D eigenvalue weighted by Gasteiger charge is -2.26. The van der Waals surface area contributed by atoms with Gasteiger partial charge >= 0.3 is 0 Å². The van der Waals surface area contributed by atoms with Gasteiger partial charge in [-0.3, -0.25) is 9.59 Å². The normalized spacial score (nSPS) is 16.9. The highest BCUT2D eigenvalue weighted by Gasteiger charge is 2.46. The number of carbonyl (C=O) groups is 2. The quantitative estimate of drug-likeness (QED) is 0.193. The number of benzene rings is 3. The predicted molar refractivity (Wildman–Crippen MR) is 151 cm³/mol. The SMILES string of the molecule is Cc1cc(OCc2ccccc2)ccc1C(O)=C1C(=O)C(=O)N(CCCN(C)C)[C@@H]1c1ccc(Cl)cc1Cl. The maximum Gasteiger partial charge on any atom is 0.295 e. The van der Waals surface area contributed by atoms with Crippen molar-refractivity contribution in [3.05, 3.63) is 105 Å². The average molecular weight is 553 g/mol. The molecule has 4 rings (SSSR count). The third kappa shape index (κ3) is 6.04. The number of hydrogen-bond donors (Lipinski definition) is 1. The number of Topliss-reactive ketones (excluding diaryl/α,β-unsaturated/α-hetero) is 1. The first-order valence-corrected chi connectivity index (χ1v) is 13.1. The number of aliphatic hydroxyl groups excluding tert-OH is 1. The Hall–Kier alpha value is -3.32. The molecule has 0 radical (unpaired) electrons. The van der Waals surface area contributed by atoms with E-state index in [1.165, 1.54) is 4.90 Å². The molecule has 6 nitrogen and oxygen atoms in total. The molecule has 198 valence electrons. The van der Waals surface area contributed by atoms with Crippen LogP contribution in [0, 0.1) is 6.92 Å². The Morgan fingerprint density at radius 3 is 2.42 bits per heavy atom. The number of rotatable bonds is 9. The first-order valence-electron chi connectivity index (χ1n) is 12.3. The molecule has 0 saturated carbocycles. The van der Waals surface area contributed by atoms with Crippen LogP contribution < -0.4 is 4.74 Å². The molecule has 1 amide bonds. The zero-order valence-corrected chi connectivity index (χ0v) is 23.1. The molecule has 0 aliphatic carbocycles. The lowest BCUT2D eigenvalue weighted by molar-refractivity contribution is -0.139. The monoisotopic (exact) mass is 552 g/mol. The van der Waals surface area contributed by atoms with Crippen molar-refractivity contribution in [2.24, 2.45) is 0 Å². The molecule has 1 heterocycles. The summed E-state index contributed by atoms with van der Waals surface area (Å²) in [6.45, 7) is 3.28. The number of nitrogens with zero attached hydrogens (tertiary/aromatic N) is 2. The number of ether oxygens (including phenoxy) is 1. The second kappa shape index (κ2) is 12.0. The van der Waals surface area contributed by atoms with Crippen LogP contribution in [0.15, 0.2) is 72.3 Å². The van der Waals surface area contributed by atoms with Crippen LogP contribution >= 0.6 is 23.2 Å². The summed E-state index contributed by atoms with van der Waals surface area (Å²) in [7, 11) is 3.88. The van der Waals surface area contributed by atoms with Crippen LogP contribution in [0.5, 0.6) is 5.75 Å². The number of aliphatic hydroxyl groups is 1. The molecular weight excluding hydrogens is 523 g/mol. The van der Waals surface area contributed by atoms with Gasteiger partial charge in [-0.25, -0.2) is 0 Å². The second-order valence-electron chi connectivity index (χ2n) is 9.57. The minimum atomic E-state index is -0.838. The molecule has 38 heavy (non-hydrogen) atoms. The summed E-state index contributed by atoms with van der Waals surface area (Å²) < 4.78 is 5.91. The van der Waals surface area contributed by atoms with Crippen LogP contribution in [0.4, 0.5) is 0 Å². The van der Waals surface area contributed by atoms with Crippen LogP contribution in [-0.4, -0.2) is 53.8 Å². The molecule has 1 atom stereocenters. The number of hydrogen-bond acceptors (Lipinski definition) is 5. The second-order valence-corrected chi connectivity index (χ2v) is 10.4. The molecule has 0 spiro atoms. The van der Waals surface area contributed by atoms with Crippen LogP contribution in [0.3, 0.4) is 0 Å². The largest absolute Gasteiger partial charge is 0.507 e. The number of carbonyl (C=O) groups excluding carboxylic acids is 2. The van der Waals surface area contributed by atoms with Gasteiger partial charge in [-0.15, -0.1) is 0 Å². The van der Waals surface area contributed by atoms with E-state index in [-0.39, 0.29) is 11.3 Å². The van der Waals surface area contributed by atoms with Gasteiger partial charge < -0.3 is 19.6 Å². The molecule has 1 aliphatic rings. The van der Waals surface area contributed by atoms with Gasteiger partial charge in [-0.1, -0.05) is 59.6 Å². The molecule has 0 aromatic heterocycles. The van der Waals surface area contributed by atoms with Crippen molar-refractivity contribution in [3.8, 4) is 5.75 Å². The standard InChI is InChI=1S/C30H30Cl2N2O4/c1-19-16-22(38-18-20-8-5-4-6-9-20)11-13-23(19)28(35)26-27(24-12-10-21(31)17-25(24)32)34(30(37)29(26)36)15-7-14-33(2)3/h4-6,8-13,16-17,27,35H,7,14-15,18H2,1-3H3/t27-/m1/s1. The summed E-state index contributed by atoms with van der Waals surface area (Å²) in [4.78, 5) is 30.0. The Morgan fingerprint density at radius 1 is 1.03 bits per heavy atom. The zero-order chi connectivity index (χ0) is 27.4. The van der Waals surface area contributed by atoms with E-state index in [2.05, 4.69) is 0 Å². The summed E-state index contributed by atoms with van der Waals surface area (Å²) >= 11 is 12.7. The maximum absolute atomic E-state index is 13.3. The first kappa shape index (κ1) is 27.7. The molecule has 0 bridgehead atoms. The fourth-order valence-corrected chi connectivity index (χ4v) is 5.10. The van der Waals surface area contributed by atoms with E-state index in [9.17, 15) is 14.7 Å². The molecule has 1 N–H and O–H groups in total. The van der Waals surface area contributed by atoms with Crippen molar-refractivity contribution in [1.29, 1.82) is 0 Å². The molecule has 1 saturated heterocycles. The summed E-state index contributed by atoms with van der Waals surface area (Å²) in [5.41, 5.74) is 2.71. The number of halogens is 2. The third-order valence-electron chi connectivity index (χ3n) is 6.50. The number of amides is 1. The summed E-state index contributed by atoms with van der Waals surface area (Å²) in [5, 5.41) is 12.2. The highest BCUT2D eigenvalue weighted by molar-refractivity contribution is 6.47. The van der Waals surface area contributed by atoms with E-state index >= 15 is 0 Å². The van der Waals surface area contributed by atoms with Crippen LogP contribution in [-0.2, 0) is 16.2 Å². The Kier molecular flexibility index (Phi) is 8.77. The van der Waals surface area contributed by atoms with Gasteiger partial charge in [0.1, 0.15) is 18.1 Å². The molecule has 3 aromatic carbocycles. The van der Waals surface area contributed by atoms with E-state index in [0.29, 0.717) is 52.1 Å². The number of ketones is 1. The van der Waals surface area contributed by atoms with E-state index in [1.54, 1.807) is 36.4 Å². The van der Waals surface area contributed by atoms with Crippen molar-refractivity contribution >= 4 is 40.7 Å². The van der Waals surface area contributed by atoms with Crippen LogP contribution in [0.1, 0.15) is 34.7 Å². The Balaban J connectivity index is 1.71. The van der Waals surface area contributed by atoms with Gasteiger partial charge in [0, 0.05) is 22.2 Å². The topological polar surface area (TPSA) is 70.1 Å². The van der Waals surface area contributed by atoms with Crippen molar-refractivity contribution < 1.29 is 19.4 Å². The van der Waals surface area contributed by atoms with Crippen molar-refractivity contribution in [2.75, 3.05) is 27.2 Å². The van der Waals surface area contributed by atoms with Gasteiger partial charge in [0.25, 0.3) is 11.7 Å². The maximum atomic E-state index is 13.3. The molecular formula is C30H30Cl2N2O4. The molecule has 1 aliphatic heterocycles. The zero-order valence-electron chi connectivity index (χ0n) is 21.6. The van der Waals surface area contributed by atoms with Crippen molar-refractivity contribution in [2.45, 2.75) is 26.0 Å². The summed E-state index contributed by atoms with van der Waals surface area (Å²) in [6, 6.07) is 19.1. The summed E-state index contributed by atoms with van der Waals surface area (Å²) in [5.74, 6) is -1.03. The highest BCUT2D eigenvalue weighted by atomic mass is 35.5. The fourth-order valence-electron chi connectivity index (χ4n) is 4.59. The van der Waals surface area contributed by atoms with Crippen molar-refractivity contribution in [3.63, 3.8) is 0 Å². The Morgan fingerprint density at radius 2 is 1.76 bits per heavy atom. The van der Waals surface area contributed by atoms with Gasteiger partial charge in [-0.05, 0) is 81.0 Å². The third-order valence-corrected chi connectivity index (χ3v) is 7.07. The van der Waals surface area contributed by atoms with Gasteiger partial charge in [0.05, 0.1) is 11.6 Å². The molecule has 0 unspecified atom stereocenters. The van der Waals surface area contributed by atoms with E-state index < -0.39 is 17.7 Å². The minimum absolute atomic E-state index is 0.00475. The summed E-state index contributed by atoms with van der Waals surface area (Å²) in [6.07, 6.45) is 0.647. The number of likely N-dealkylation sites (tertiary alicyclic amines) is 1. The first-order chi connectivity index (χ1) is 18.2. The van der Waals surface area contributed by atoms with E-state index in [0.717, 1.165) is 12.1 Å². The lowest BCUT2D eigenvalue weighted by Crippen LogP contribution is -2.32. The smallest absolute Gasteiger partial charge is 0.295 e. The van der Waals surface area contributed by atoms with Gasteiger partial charge in [0.2, 0.25) is 0 Å². The fraction of sp³-hybridized carbons (Fsp3) is 0.267. The highest BCUT2D eigenvalue weighted by Crippen LogP contribution is 2.43.